The highest BCUT2D eigenvalue weighted by atomic mass is 16.6. The van der Waals surface area contributed by atoms with Crippen LogP contribution in [-0.2, 0) is 23.8 Å². The number of esters is 2. The van der Waals surface area contributed by atoms with E-state index in [1.54, 1.807) is 0 Å². The zero-order chi connectivity index (χ0) is 8.97. The predicted octanol–water partition coefficient (Wildman–Crippen LogP) is -0.509. The van der Waals surface area contributed by atoms with Crippen molar-refractivity contribution in [3.63, 3.8) is 0 Å². The first-order valence-electron chi connectivity index (χ1n) is 3.59. The van der Waals surface area contributed by atoms with Gasteiger partial charge in [0.1, 0.15) is 6.61 Å². The second kappa shape index (κ2) is 4.06. The van der Waals surface area contributed by atoms with Gasteiger partial charge in [-0.3, -0.25) is 4.79 Å². The van der Waals surface area contributed by atoms with Crippen molar-refractivity contribution in [2.45, 2.75) is 12.5 Å². The third kappa shape index (κ3) is 2.20. The summed E-state index contributed by atoms with van der Waals surface area (Å²) in [6.45, 7) is 0.601. The van der Waals surface area contributed by atoms with Crippen LogP contribution < -0.4 is 0 Å². The summed E-state index contributed by atoms with van der Waals surface area (Å²) in [6, 6.07) is 0. The highest BCUT2D eigenvalue weighted by Gasteiger charge is 2.27. The SMILES string of the molecule is COC(=O)CC1OCCOC1=O. The number of rotatable bonds is 2. The maximum absolute atomic E-state index is 10.9. The quantitative estimate of drug-likeness (QED) is 0.528. The molecule has 0 aliphatic carbocycles. The van der Waals surface area contributed by atoms with Crippen molar-refractivity contribution < 1.29 is 23.8 Å². The molecule has 1 aliphatic heterocycles. The lowest BCUT2D eigenvalue weighted by Crippen LogP contribution is -2.36. The Morgan fingerprint density at radius 3 is 3.00 bits per heavy atom. The Morgan fingerprint density at radius 2 is 2.42 bits per heavy atom. The molecule has 5 heteroatoms. The Morgan fingerprint density at radius 1 is 1.67 bits per heavy atom. The average molecular weight is 174 g/mol. The standard InChI is InChI=1S/C7H10O5/c1-10-6(8)4-5-7(9)12-3-2-11-5/h5H,2-4H2,1H3. The van der Waals surface area contributed by atoms with E-state index in [-0.39, 0.29) is 13.0 Å². The van der Waals surface area contributed by atoms with Crippen molar-refractivity contribution in [1.29, 1.82) is 0 Å². The molecule has 1 atom stereocenters. The molecule has 1 heterocycles. The fraction of sp³-hybridized carbons (Fsp3) is 0.714. The van der Waals surface area contributed by atoms with Gasteiger partial charge in [-0.1, -0.05) is 0 Å². The van der Waals surface area contributed by atoms with Gasteiger partial charge in [0, 0.05) is 0 Å². The van der Waals surface area contributed by atoms with E-state index in [1.807, 2.05) is 0 Å². The van der Waals surface area contributed by atoms with Gasteiger partial charge in [-0.05, 0) is 0 Å². The van der Waals surface area contributed by atoms with Crippen LogP contribution in [0, 0.1) is 0 Å². The first-order chi connectivity index (χ1) is 5.74. The molecule has 0 aromatic rings. The monoisotopic (exact) mass is 174 g/mol. The number of hydrogen-bond acceptors (Lipinski definition) is 5. The van der Waals surface area contributed by atoms with Gasteiger partial charge in [-0.2, -0.15) is 0 Å². The van der Waals surface area contributed by atoms with E-state index in [9.17, 15) is 9.59 Å². The van der Waals surface area contributed by atoms with E-state index in [4.69, 9.17) is 4.74 Å². The van der Waals surface area contributed by atoms with E-state index in [0.717, 1.165) is 0 Å². The fourth-order valence-electron chi connectivity index (χ4n) is 0.871. The van der Waals surface area contributed by atoms with Gasteiger partial charge in [0.25, 0.3) is 0 Å². The van der Waals surface area contributed by atoms with Crippen LogP contribution in [0.2, 0.25) is 0 Å². The molecule has 0 spiro atoms. The number of hydrogen-bond donors (Lipinski definition) is 0. The Kier molecular flexibility index (Phi) is 3.04. The molecule has 0 aromatic heterocycles. The maximum Gasteiger partial charge on any atom is 0.335 e. The summed E-state index contributed by atoms with van der Waals surface area (Å²) in [5.41, 5.74) is 0. The molecule has 68 valence electrons. The summed E-state index contributed by atoms with van der Waals surface area (Å²) < 4.78 is 14.0. The number of methoxy groups -OCH3 is 1. The molecule has 0 saturated carbocycles. The van der Waals surface area contributed by atoms with Crippen LogP contribution in [0.3, 0.4) is 0 Å². The summed E-state index contributed by atoms with van der Waals surface area (Å²) in [5.74, 6) is -0.967. The van der Waals surface area contributed by atoms with Gasteiger partial charge < -0.3 is 14.2 Å². The van der Waals surface area contributed by atoms with Crippen molar-refractivity contribution in [1.82, 2.24) is 0 Å². The smallest absolute Gasteiger partial charge is 0.335 e. The first-order valence-corrected chi connectivity index (χ1v) is 3.59. The number of ether oxygens (including phenoxy) is 3. The molecule has 1 aliphatic rings. The zero-order valence-corrected chi connectivity index (χ0v) is 6.74. The van der Waals surface area contributed by atoms with Crippen molar-refractivity contribution in [3.8, 4) is 0 Å². The van der Waals surface area contributed by atoms with Crippen LogP contribution in [0.4, 0.5) is 0 Å². The summed E-state index contributed by atoms with van der Waals surface area (Å²) in [7, 11) is 1.26. The molecule has 0 amide bonds. The molecule has 1 saturated heterocycles. The third-order valence-corrected chi connectivity index (χ3v) is 1.49. The summed E-state index contributed by atoms with van der Waals surface area (Å²) >= 11 is 0. The molecule has 1 rings (SSSR count). The van der Waals surface area contributed by atoms with E-state index < -0.39 is 18.0 Å². The highest BCUT2D eigenvalue weighted by molar-refractivity contribution is 5.82. The van der Waals surface area contributed by atoms with Crippen LogP contribution >= 0.6 is 0 Å². The highest BCUT2D eigenvalue weighted by Crippen LogP contribution is 2.07. The Balaban J connectivity index is 2.39. The van der Waals surface area contributed by atoms with Gasteiger partial charge in [0.15, 0.2) is 6.10 Å². The lowest BCUT2D eigenvalue weighted by Gasteiger charge is -2.20. The van der Waals surface area contributed by atoms with Crippen LogP contribution in [0.1, 0.15) is 6.42 Å². The molecular formula is C7H10O5. The molecule has 1 unspecified atom stereocenters. The lowest BCUT2D eigenvalue weighted by atomic mass is 10.2. The van der Waals surface area contributed by atoms with Crippen molar-refractivity contribution in [3.05, 3.63) is 0 Å². The molecule has 0 N–H and O–H groups in total. The number of carbonyl (C=O) groups is 2. The van der Waals surface area contributed by atoms with Gasteiger partial charge in [-0.25, -0.2) is 4.79 Å². The average Bonchev–Trinajstić information content (AvgIpc) is 2.09. The fourth-order valence-corrected chi connectivity index (χ4v) is 0.871. The van der Waals surface area contributed by atoms with Crippen LogP contribution in [0.5, 0.6) is 0 Å². The molecule has 0 bridgehead atoms. The van der Waals surface area contributed by atoms with E-state index in [0.29, 0.717) is 6.61 Å². The topological polar surface area (TPSA) is 61.8 Å². The minimum Gasteiger partial charge on any atom is -0.469 e. The Hall–Kier alpha value is -1.10. The summed E-state index contributed by atoms with van der Waals surface area (Å²) in [5, 5.41) is 0. The van der Waals surface area contributed by atoms with Gasteiger partial charge in [0.2, 0.25) is 0 Å². The largest absolute Gasteiger partial charge is 0.469 e. The molecule has 12 heavy (non-hydrogen) atoms. The van der Waals surface area contributed by atoms with Crippen LogP contribution in [0.25, 0.3) is 0 Å². The van der Waals surface area contributed by atoms with E-state index in [2.05, 4.69) is 9.47 Å². The lowest BCUT2D eigenvalue weighted by molar-refractivity contribution is -0.175. The maximum atomic E-state index is 10.9. The number of cyclic esters (lactones) is 1. The van der Waals surface area contributed by atoms with Gasteiger partial charge in [0.05, 0.1) is 20.1 Å². The second-order valence-corrected chi connectivity index (χ2v) is 2.31. The molecule has 5 nitrogen and oxygen atoms in total. The van der Waals surface area contributed by atoms with E-state index in [1.165, 1.54) is 7.11 Å². The zero-order valence-electron chi connectivity index (χ0n) is 6.74. The normalized spacial score (nSPS) is 23.1. The minimum atomic E-state index is -0.786. The van der Waals surface area contributed by atoms with E-state index >= 15 is 0 Å². The Labute approximate surface area is 69.6 Å². The van der Waals surface area contributed by atoms with Crippen molar-refractivity contribution in [2.24, 2.45) is 0 Å². The van der Waals surface area contributed by atoms with Crippen LogP contribution in [0.15, 0.2) is 0 Å². The van der Waals surface area contributed by atoms with Gasteiger partial charge >= 0.3 is 11.9 Å². The van der Waals surface area contributed by atoms with Crippen LogP contribution in [-0.4, -0.2) is 38.4 Å². The minimum absolute atomic E-state index is 0.0741. The second-order valence-electron chi connectivity index (χ2n) is 2.31. The van der Waals surface area contributed by atoms with Crippen molar-refractivity contribution >= 4 is 11.9 Å². The Bertz CT molecular complexity index is 188. The predicted molar refractivity (Wildman–Crippen MR) is 37.3 cm³/mol. The first kappa shape index (κ1) is 8.99. The summed E-state index contributed by atoms with van der Waals surface area (Å²) in [4.78, 5) is 21.6. The summed E-state index contributed by atoms with van der Waals surface area (Å²) in [6.07, 6.45) is -0.860. The number of carbonyl (C=O) groups excluding carboxylic acids is 2. The molecule has 0 radical (unpaired) electrons. The molecule has 0 aromatic carbocycles. The molecular weight excluding hydrogens is 164 g/mol. The van der Waals surface area contributed by atoms with Crippen molar-refractivity contribution in [2.75, 3.05) is 20.3 Å². The van der Waals surface area contributed by atoms with Gasteiger partial charge in [-0.15, -0.1) is 0 Å². The third-order valence-electron chi connectivity index (χ3n) is 1.49. The molecule has 1 fully saturated rings.